The first-order valence-corrected chi connectivity index (χ1v) is 8.78. The SMILES string of the molecule is Cc1cc(N2CCCC2c2nc3ccccc3c(=O)[nH]2)n2nccc2n1. The van der Waals surface area contributed by atoms with Crippen LogP contribution in [0, 0.1) is 6.92 Å². The molecule has 1 aromatic carbocycles. The van der Waals surface area contributed by atoms with Crippen LogP contribution in [0.2, 0.25) is 0 Å². The van der Waals surface area contributed by atoms with Crippen LogP contribution in [0.25, 0.3) is 16.6 Å². The quantitative estimate of drug-likeness (QED) is 0.603. The highest BCUT2D eigenvalue weighted by molar-refractivity contribution is 5.77. The number of fused-ring (bicyclic) bond motifs is 2. The van der Waals surface area contributed by atoms with E-state index in [4.69, 9.17) is 4.98 Å². The van der Waals surface area contributed by atoms with Crippen LogP contribution in [0.4, 0.5) is 5.82 Å². The molecule has 1 atom stereocenters. The summed E-state index contributed by atoms with van der Waals surface area (Å²) in [5.41, 5.74) is 2.41. The third-order valence-corrected chi connectivity index (χ3v) is 4.96. The number of hydrogen-bond donors (Lipinski definition) is 1. The van der Waals surface area contributed by atoms with E-state index in [1.54, 1.807) is 12.3 Å². The number of rotatable bonds is 2. The van der Waals surface area contributed by atoms with Gasteiger partial charge in [0.2, 0.25) is 0 Å². The Morgan fingerprint density at radius 3 is 3.00 bits per heavy atom. The average molecular weight is 346 g/mol. The Morgan fingerprint density at radius 1 is 1.19 bits per heavy atom. The van der Waals surface area contributed by atoms with E-state index in [9.17, 15) is 4.79 Å². The van der Waals surface area contributed by atoms with Crippen LogP contribution in [0.15, 0.2) is 47.4 Å². The third kappa shape index (κ3) is 2.28. The first kappa shape index (κ1) is 15.1. The number of benzene rings is 1. The molecule has 4 heterocycles. The molecule has 26 heavy (non-hydrogen) atoms. The van der Waals surface area contributed by atoms with Crippen LogP contribution in [0.3, 0.4) is 0 Å². The standard InChI is InChI=1S/C19H18N6O/c1-12-11-17(25-16(21-12)8-9-20-25)24-10-4-7-15(24)18-22-14-6-3-2-5-13(14)19(26)23-18/h2-3,5-6,8-9,11,15H,4,7,10H2,1H3,(H,22,23,26). The van der Waals surface area contributed by atoms with Crippen LogP contribution in [-0.2, 0) is 0 Å². The number of para-hydroxylation sites is 1. The van der Waals surface area contributed by atoms with E-state index in [1.165, 1.54) is 0 Å². The first-order valence-electron chi connectivity index (χ1n) is 8.78. The van der Waals surface area contributed by atoms with Gasteiger partial charge in [-0.1, -0.05) is 12.1 Å². The van der Waals surface area contributed by atoms with E-state index in [1.807, 2.05) is 41.8 Å². The summed E-state index contributed by atoms with van der Waals surface area (Å²) in [7, 11) is 0. The summed E-state index contributed by atoms with van der Waals surface area (Å²) in [5, 5.41) is 5.04. The maximum absolute atomic E-state index is 12.5. The fourth-order valence-corrected chi connectivity index (χ4v) is 3.81. The summed E-state index contributed by atoms with van der Waals surface area (Å²) in [6, 6.07) is 11.4. The predicted molar refractivity (Wildman–Crippen MR) is 99.4 cm³/mol. The van der Waals surface area contributed by atoms with Gasteiger partial charge in [0.1, 0.15) is 11.6 Å². The molecule has 1 aliphatic heterocycles. The number of nitrogens with one attached hydrogen (secondary N) is 1. The molecule has 0 radical (unpaired) electrons. The maximum Gasteiger partial charge on any atom is 0.258 e. The minimum Gasteiger partial charge on any atom is -0.346 e. The van der Waals surface area contributed by atoms with E-state index < -0.39 is 0 Å². The lowest BCUT2D eigenvalue weighted by atomic mass is 10.2. The third-order valence-electron chi connectivity index (χ3n) is 4.96. The van der Waals surface area contributed by atoms with Gasteiger partial charge in [0.15, 0.2) is 5.65 Å². The number of nitrogens with zero attached hydrogens (tertiary/aromatic N) is 5. The van der Waals surface area contributed by atoms with Gasteiger partial charge < -0.3 is 9.88 Å². The van der Waals surface area contributed by atoms with Gasteiger partial charge in [-0.2, -0.15) is 9.61 Å². The van der Waals surface area contributed by atoms with Crippen molar-refractivity contribution in [3.63, 3.8) is 0 Å². The maximum atomic E-state index is 12.5. The summed E-state index contributed by atoms with van der Waals surface area (Å²) in [6.07, 6.45) is 3.73. The highest BCUT2D eigenvalue weighted by atomic mass is 16.1. The fraction of sp³-hybridized carbons (Fsp3) is 0.263. The van der Waals surface area contributed by atoms with Crippen LogP contribution in [0.1, 0.15) is 30.4 Å². The second-order valence-corrected chi connectivity index (χ2v) is 6.68. The molecular weight excluding hydrogens is 328 g/mol. The lowest BCUT2D eigenvalue weighted by Crippen LogP contribution is -2.28. The molecule has 1 aliphatic rings. The number of anilines is 1. The van der Waals surface area contributed by atoms with Gasteiger partial charge in [-0.3, -0.25) is 4.79 Å². The number of aromatic nitrogens is 5. The number of H-pyrrole nitrogens is 1. The number of hydrogen-bond acceptors (Lipinski definition) is 5. The Balaban J connectivity index is 1.65. The van der Waals surface area contributed by atoms with E-state index in [2.05, 4.69) is 20.0 Å². The topological polar surface area (TPSA) is 79.2 Å². The summed E-state index contributed by atoms with van der Waals surface area (Å²) in [4.78, 5) is 27.0. The molecule has 1 unspecified atom stereocenters. The number of aryl methyl sites for hydroxylation is 1. The van der Waals surface area contributed by atoms with Gasteiger partial charge in [0.25, 0.3) is 5.56 Å². The van der Waals surface area contributed by atoms with Crippen LogP contribution in [0.5, 0.6) is 0 Å². The average Bonchev–Trinajstić information content (AvgIpc) is 3.30. The molecule has 1 fully saturated rings. The van der Waals surface area contributed by atoms with Gasteiger partial charge in [-0.15, -0.1) is 0 Å². The minimum atomic E-state index is -0.0902. The molecular formula is C19H18N6O. The molecule has 0 aliphatic carbocycles. The highest BCUT2D eigenvalue weighted by Crippen LogP contribution is 2.34. The van der Waals surface area contributed by atoms with Crippen molar-refractivity contribution >= 4 is 22.4 Å². The smallest absolute Gasteiger partial charge is 0.258 e. The van der Waals surface area contributed by atoms with Crippen molar-refractivity contribution in [2.75, 3.05) is 11.4 Å². The molecule has 1 saturated heterocycles. The van der Waals surface area contributed by atoms with Gasteiger partial charge in [-0.05, 0) is 31.9 Å². The second-order valence-electron chi connectivity index (χ2n) is 6.68. The summed E-state index contributed by atoms with van der Waals surface area (Å²) < 4.78 is 1.85. The largest absolute Gasteiger partial charge is 0.346 e. The predicted octanol–water partition coefficient (Wildman–Crippen LogP) is 2.62. The monoisotopic (exact) mass is 346 g/mol. The van der Waals surface area contributed by atoms with Crippen molar-refractivity contribution < 1.29 is 0 Å². The van der Waals surface area contributed by atoms with Crippen molar-refractivity contribution in [1.82, 2.24) is 24.6 Å². The highest BCUT2D eigenvalue weighted by Gasteiger charge is 2.30. The van der Waals surface area contributed by atoms with Crippen molar-refractivity contribution in [2.24, 2.45) is 0 Å². The molecule has 3 aromatic heterocycles. The van der Waals surface area contributed by atoms with Crippen molar-refractivity contribution in [3.8, 4) is 0 Å². The molecule has 1 N–H and O–H groups in total. The Labute approximate surface area is 149 Å². The molecule has 7 heteroatoms. The van der Waals surface area contributed by atoms with E-state index >= 15 is 0 Å². The summed E-state index contributed by atoms with van der Waals surface area (Å²) >= 11 is 0. The van der Waals surface area contributed by atoms with Gasteiger partial charge in [0, 0.05) is 24.4 Å². The fourth-order valence-electron chi connectivity index (χ4n) is 3.81. The lowest BCUT2D eigenvalue weighted by Gasteiger charge is -2.26. The Morgan fingerprint density at radius 2 is 2.08 bits per heavy atom. The molecule has 7 nitrogen and oxygen atoms in total. The van der Waals surface area contributed by atoms with Crippen molar-refractivity contribution in [3.05, 3.63) is 64.5 Å². The van der Waals surface area contributed by atoms with Gasteiger partial charge in [0.05, 0.1) is 23.1 Å². The summed E-state index contributed by atoms with van der Waals surface area (Å²) in [6.45, 7) is 2.87. The zero-order chi connectivity index (χ0) is 17.7. The minimum absolute atomic E-state index is 0.0153. The number of aromatic amines is 1. The van der Waals surface area contributed by atoms with Crippen LogP contribution in [-0.4, -0.2) is 31.1 Å². The molecule has 130 valence electrons. The summed E-state index contributed by atoms with van der Waals surface area (Å²) in [5.74, 6) is 1.69. The zero-order valence-corrected chi connectivity index (χ0v) is 14.4. The van der Waals surface area contributed by atoms with E-state index in [-0.39, 0.29) is 11.6 Å². The Bertz CT molecular complexity index is 1180. The normalized spacial score (nSPS) is 17.4. The molecule has 0 bridgehead atoms. The van der Waals surface area contributed by atoms with Gasteiger partial charge in [-0.25, -0.2) is 9.97 Å². The van der Waals surface area contributed by atoms with Gasteiger partial charge >= 0.3 is 0 Å². The van der Waals surface area contributed by atoms with Crippen molar-refractivity contribution in [1.29, 1.82) is 0 Å². The molecule has 0 spiro atoms. The molecule has 0 saturated carbocycles. The van der Waals surface area contributed by atoms with E-state index in [0.29, 0.717) is 11.2 Å². The Hall–Kier alpha value is -3.22. The van der Waals surface area contributed by atoms with Crippen LogP contribution >= 0.6 is 0 Å². The second kappa shape index (κ2) is 5.66. The van der Waals surface area contributed by atoms with E-state index in [0.717, 1.165) is 42.1 Å². The first-order chi connectivity index (χ1) is 12.7. The molecule has 0 amide bonds. The molecule has 4 aromatic rings. The lowest BCUT2D eigenvalue weighted by molar-refractivity contribution is 0.652. The Kier molecular flexibility index (Phi) is 3.28. The van der Waals surface area contributed by atoms with Crippen LogP contribution < -0.4 is 10.5 Å². The zero-order valence-electron chi connectivity index (χ0n) is 14.4. The van der Waals surface area contributed by atoms with Crippen molar-refractivity contribution in [2.45, 2.75) is 25.8 Å². The molecule has 5 rings (SSSR count).